The number of hydrogen-bond acceptors (Lipinski definition) is 3. The molecule has 28 heavy (non-hydrogen) atoms. The molecule has 1 unspecified atom stereocenters. The SMILES string of the molecule is CCC(C)NC(=O)c1ccc(N(C(=O)NCC(C)C)c2ccccc2)c(N)c1. The standard InChI is InChI=1S/C22H30N4O2/c1-5-16(4)25-21(27)17-11-12-20(19(23)13-17)26(18-9-7-6-8-10-18)22(28)24-14-15(2)3/h6-13,15-16H,5,14,23H2,1-4H3,(H,24,28)(H,25,27). The lowest BCUT2D eigenvalue weighted by atomic mass is 10.1. The van der Waals surface area contributed by atoms with Crippen LogP contribution >= 0.6 is 0 Å². The number of nitrogens with one attached hydrogen (secondary N) is 2. The molecule has 150 valence electrons. The molecule has 0 aliphatic carbocycles. The molecule has 0 aromatic heterocycles. The minimum Gasteiger partial charge on any atom is -0.397 e. The first kappa shape index (κ1) is 21.3. The number of para-hydroxylation sites is 1. The third-order valence-electron chi connectivity index (χ3n) is 4.40. The molecule has 4 N–H and O–H groups in total. The van der Waals surface area contributed by atoms with Gasteiger partial charge in [0.2, 0.25) is 0 Å². The lowest BCUT2D eigenvalue weighted by molar-refractivity contribution is 0.0939. The molecule has 0 bridgehead atoms. The predicted octanol–water partition coefficient (Wildman–Crippen LogP) is 4.30. The molecule has 0 fully saturated rings. The zero-order chi connectivity index (χ0) is 20.7. The molecule has 0 radical (unpaired) electrons. The summed E-state index contributed by atoms with van der Waals surface area (Å²) in [6.07, 6.45) is 0.844. The van der Waals surface area contributed by atoms with Gasteiger partial charge in [0.1, 0.15) is 0 Å². The van der Waals surface area contributed by atoms with Crippen molar-refractivity contribution in [3.05, 3.63) is 54.1 Å². The van der Waals surface area contributed by atoms with Crippen molar-refractivity contribution in [3.8, 4) is 0 Å². The summed E-state index contributed by atoms with van der Waals surface area (Å²) in [5.74, 6) is 0.147. The van der Waals surface area contributed by atoms with Gasteiger partial charge in [0.15, 0.2) is 0 Å². The van der Waals surface area contributed by atoms with Gasteiger partial charge in [-0.2, -0.15) is 0 Å². The smallest absolute Gasteiger partial charge is 0.326 e. The van der Waals surface area contributed by atoms with Crippen LogP contribution in [0, 0.1) is 5.92 Å². The van der Waals surface area contributed by atoms with Gasteiger partial charge in [-0.25, -0.2) is 4.79 Å². The zero-order valence-corrected chi connectivity index (χ0v) is 17.0. The van der Waals surface area contributed by atoms with E-state index in [1.54, 1.807) is 18.2 Å². The monoisotopic (exact) mass is 382 g/mol. The second-order valence-electron chi connectivity index (χ2n) is 7.31. The Balaban J connectivity index is 2.35. The average molecular weight is 383 g/mol. The van der Waals surface area contributed by atoms with E-state index in [1.165, 1.54) is 4.90 Å². The number of benzene rings is 2. The van der Waals surface area contributed by atoms with Crippen LogP contribution < -0.4 is 21.3 Å². The molecule has 2 rings (SSSR count). The van der Waals surface area contributed by atoms with Crippen molar-refractivity contribution in [2.75, 3.05) is 17.2 Å². The van der Waals surface area contributed by atoms with Crippen molar-refractivity contribution < 1.29 is 9.59 Å². The normalized spacial score (nSPS) is 11.8. The number of rotatable bonds is 7. The van der Waals surface area contributed by atoms with Gasteiger partial charge >= 0.3 is 6.03 Å². The van der Waals surface area contributed by atoms with Gasteiger partial charge in [-0.15, -0.1) is 0 Å². The van der Waals surface area contributed by atoms with Gasteiger partial charge in [0.05, 0.1) is 17.1 Å². The highest BCUT2D eigenvalue weighted by atomic mass is 16.2. The summed E-state index contributed by atoms with van der Waals surface area (Å²) >= 11 is 0. The van der Waals surface area contributed by atoms with Crippen molar-refractivity contribution in [1.82, 2.24) is 10.6 Å². The molecule has 2 aromatic carbocycles. The van der Waals surface area contributed by atoms with Gasteiger partial charge in [-0.1, -0.05) is 39.0 Å². The number of hydrogen-bond donors (Lipinski definition) is 3. The highest BCUT2D eigenvalue weighted by molar-refractivity contribution is 6.03. The highest BCUT2D eigenvalue weighted by Crippen LogP contribution is 2.31. The number of anilines is 3. The van der Waals surface area contributed by atoms with Crippen LogP contribution in [0.4, 0.5) is 21.9 Å². The first-order valence-electron chi connectivity index (χ1n) is 9.66. The summed E-state index contributed by atoms with van der Waals surface area (Å²) in [7, 11) is 0. The Morgan fingerprint density at radius 1 is 1.07 bits per heavy atom. The fourth-order valence-electron chi connectivity index (χ4n) is 2.62. The summed E-state index contributed by atoms with van der Waals surface area (Å²) < 4.78 is 0. The highest BCUT2D eigenvalue weighted by Gasteiger charge is 2.21. The fraction of sp³-hybridized carbons (Fsp3) is 0.364. The number of carbonyl (C=O) groups excluding carboxylic acids is 2. The van der Waals surface area contributed by atoms with Crippen LogP contribution in [0.5, 0.6) is 0 Å². The van der Waals surface area contributed by atoms with Crippen LogP contribution in [0.1, 0.15) is 44.5 Å². The van der Waals surface area contributed by atoms with E-state index in [-0.39, 0.29) is 18.0 Å². The van der Waals surface area contributed by atoms with E-state index < -0.39 is 0 Å². The summed E-state index contributed by atoms with van der Waals surface area (Å²) in [6.45, 7) is 8.58. The van der Waals surface area contributed by atoms with Gasteiger partial charge in [0, 0.05) is 18.2 Å². The first-order valence-corrected chi connectivity index (χ1v) is 9.66. The number of urea groups is 1. The Morgan fingerprint density at radius 2 is 1.75 bits per heavy atom. The molecule has 3 amide bonds. The van der Waals surface area contributed by atoms with Crippen LogP contribution in [-0.2, 0) is 0 Å². The van der Waals surface area contributed by atoms with Crippen LogP contribution in [0.15, 0.2) is 48.5 Å². The third-order valence-corrected chi connectivity index (χ3v) is 4.40. The second kappa shape index (κ2) is 9.78. The Bertz CT molecular complexity index is 805. The van der Waals surface area contributed by atoms with Gasteiger partial charge in [-0.05, 0) is 49.6 Å². The van der Waals surface area contributed by atoms with Crippen molar-refractivity contribution in [1.29, 1.82) is 0 Å². The Hall–Kier alpha value is -3.02. The van der Waals surface area contributed by atoms with Crippen LogP contribution in [0.25, 0.3) is 0 Å². The molecule has 2 aromatic rings. The van der Waals surface area contributed by atoms with Crippen molar-refractivity contribution >= 4 is 29.0 Å². The van der Waals surface area contributed by atoms with Crippen LogP contribution in [-0.4, -0.2) is 24.5 Å². The topological polar surface area (TPSA) is 87.5 Å². The lowest BCUT2D eigenvalue weighted by Crippen LogP contribution is -2.39. The van der Waals surface area contributed by atoms with E-state index in [2.05, 4.69) is 10.6 Å². The second-order valence-corrected chi connectivity index (χ2v) is 7.31. The molecular weight excluding hydrogens is 352 g/mol. The summed E-state index contributed by atoms with van der Waals surface area (Å²) in [5, 5.41) is 5.85. The van der Waals surface area contributed by atoms with E-state index in [0.29, 0.717) is 35.1 Å². The van der Waals surface area contributed by atoms with Gasteiger partial charge in [0.25, 0.3) is 5.91 Å². The molecule has 0 aliphatic rings. The maximum atomic E-state index is 12.9. The van der Waals surface area contributed by atoms with Crippen LogP contribution in [0.3, 0.4) is 0 Å². The lowest BCUT2D eigenvalue weighted by Gasteiger charge is -2.25. The molecular formula is C22H30N4O2. The molecule has 0 aliphatic heterocycles. The Kier molecular flexibility index (Phi) is 7.44. The Morgan fingerprint density at radius 3 is 2.32 bits per heavy atom. The van der Waals surface area contributed by atoms with Crippen LogP contribution in [0.2, 0.25) is 0 Å². The molecule has 0 saturated heterocycles. The largest absolute Gasteiger partial charge is 0.397 e. The maximum absolute atomic E-state index is 12.9. The van der Waals surface area contributed by atoms with Crippen molar-refractivity contribution in [2.24, 2.45) is 5.92 Å². The molecule has 6 heteroatoms. The summed E-state index contributed by atoms with van der Waals surface area (Å²) in [6, 6.07) is 14.1. The number of nitrogen functional groups attached to an aromatic ring is 1. The number of nitrogens with zero attached hydrogens (tertiary/aromatic N) is 1. The number of carbonyl (C=O) groups is 2. The molecule has 6 nitrogen and oxygen atoms in total. The van der Waals surface area contributed by atoms with E-state index >= 15 is 0 Å². The van der Waals surface area contributed by atoms with Crippen molar-refractivity contribution in [3.63, 3.8) is 0 Å². The van der Waals surface area contributed by atoms with Gasteiger partial charge in [-0.3, -0.25) is 9.69 Å². The molecule has 0 saturated carbocycles. The number of nitrogens with two attached hydrogens (primary N) is 1. The quantitative estimate of drug-likeness (QED) is 0.624. The molecule has 0 spiro atoms. The number of amides is 3. The predicted molar refractivity (Wildman–Crippen MR) is 115 cm³/mol. The Labute approximate surface area is 167 Å². The van der Waals surface area contributed by atoms with E-state index in [1.807, 2.05) is 58.0 Å². The third kappa shape index (κ3) is 5.49. The fourth-order valence-corrected chi connectivity index (χ4v) is 2.62. The summed E-state index contributed by atoms with van der Waals surface area (Å²) in [4.78, 5) is 26.8. The zero-order valence-electron chi connectivity index (χ0n) is 17.0. The summed E-state index contributed by atoms with van der Waals surface area (Å²) in [5.41, 5.74) is 8.32. The van der Waals surface area contributed by atoms with E-state index in [4.69, 9.17) is 5.73 Å². The molecule has 0 heterocycles. The van der Waals surface area contributed by atoms with E-state index in [0.717, 1.165) is 6.42 Å². The minimum atomic E-state index is -0.261. The first-order chi connectivity index (χ1) is 13.3. The average Bonchev–Trinajstić information content (AvgIpc) is 2.68. The maximum Gasteiger partial charge on any atom is 0.326 e. The van der Waals surface area contributed by atoms with Crippen molar-refractivity contribution in [2.45, 2.75) is 40.2 Å². The van der Waals surface area contributed by atoms with Gasteiger partial charge < -0.3 is 16.4 Å². The minimum absolute atomic E-state index is 0.0797. The molecule has 1 atom stereocenters. The van der Waals surface area contributed by atoms with E-state index in [9.17, 15) is 9.59 Å².